The normalized spacial score (nSPS) is 22.0. The second kappa shape index (κ2) is 8.52. The van der Waals surface area contributed by atoms with E-state index < -0.39 is 18.0 Å². The van der Waals surface area contributed by atoms with E-state index in [0.717, 1.165) is 4.90 Å². The van der Waals surface area contributed by atoms with Gasteiger partial charge < -0.3 is 10.1 Å². The number of carbonyl (C=O) groups excluding carboxylic acids is 4. The number of esters is 1. The van der Waals surface area contributed by atoms with Crippen molar-refractivity contribution in [2.75, 3.05) is 11.9 Å². The highest BCUT2D eigenvalue weighted by molar-refractivity contribution is 6.30. The number of anilines is 1. The Morgan fingerprint density at radius 3 is 2.46 bits per heavy atom. The molecule has 1 saturated heterocycles. The predicted octanol–water partition coefficient (Wildman–Crippen LogP) is 1.95. The first-order valence-electron chi connectivity index (χ1n) is 8.99. The number of likely N-dealkylation sites (tertiary alicyclic amines) is 1. The van der Waals surface area contributed by atoms with Gasteiger partial charge in [-0.3, -0.25) is 24.1 Å². The summed E-state index contributed by atoms with van der Waals surface area (Å²) in [7, 11) is 0. The minimum Gasteiger partial charge on any atom is -0.452 e. The first kappa shape index (κ1) is 20.0. The topological polar surface area (TPSA) is 106 Å². The number of rotatable bonds is 6. The summed E-state index contributed by atoms with van der Waals surface area (Å²) in [6.45, 7) is 1.38. The lowest BCUT2D eigenvalue weighted by Crippen LogP contribution is -2.35. The quantitative estimate of drug-likeness (QED) is 0.440. The summed E-state index contributed by atoms with van der Waals surface area (Å²) in [6.07, 6.45) is 5.06. The van der Waals surface area contributed by atoms with Crippen LogP contribution in [0.4, 0.5) is 5.82 Å². The number of allylic oxidation sites excluding steroid dienone is 2. The van der Waals surface area contributed by atoms with Gasteiger partial charge in [-0.2, -0.15) is 0 Å². The van der Waals surface area contributed by atoms with E-state index in [1.165, 1.54) is 19.2 Å². The summed E-state index contributed by atoms with van der Waals surface area (Å²) in [4.78, 5) is 53.9. The first-order valence-corrected chi connectivity index (χ1v) is 9.36. The van der Waals surface area contributed by atoms with E-state index in [0.29, 0.717) is 17.9 Å². The number of nitrogens with one attached hydrogen (secondary N) is 1. The first-order chi connectivity index (χ1) is 13.4. The van der Waals surface area contributed by atoms with E-state index in [1.807, 2.05) is 12.2 Å². The van der Waals surface area contributed by atoms with Crippen LogP contribution in [0.15, 0.2) is 30.5 Å². The van der Waals surface area contributed by atoms with Crippen LogP contribution >= 0.6 is 11.6 Å². The summed E-state index contributed by atoms with van der Waals surface area (Å²) < 4.78 is 5.09. The van der Waals surface area contributed by atoms with Gasteiger partial charge in [-0.15, -0.1) is 0 Å². The van der Waals surface area contributed by atoms with Gasteiger partial charge in [-0.1, -0.05) is 23.8 Å². The van der Waals surface area contributed by atoms with Crippen LogP contribution in [0, 0.1) is 11.8 Å². The average Bonchev–Trinajstić information content (AvgIpc) is 2.92. The SMILES string of the molecule is C[C@H](OC(=O)CCN1C(=O)[C@H]2CC=CC[C@H]2C1=O)C(=O)Nc1ccc(Cl)cn1. The highest BCUT2D eigenvalue weighted by Crippen LogP contribution is 2.35. The summed E-state index contributed by atoms with van der Waals surface area (Å²) in [5.74, 6) is -2.08. The van der Waals surface area contributed by atoms with Crippen LogP contribution in [0.5, 0.6) is 0 Å². The molecule has 0 unspecified atom stereocenters. The molecule has 0 bridgehead atoms. The highest BCUT2D eigenvalue weighted by Gasteiger charge is 2.47. The molecule has 1 aliphatic heterocycles. The largest absolute Gasteiger partial charge is 0.452 e. The molecule has 0 aromatic carbocycles. The molecular weight excluding hydrogens is 386 g/mol. The molecule has 2 heterocycles. The molecule has 3 rings (SSSR count). The van der Waals surface area contributed by atoms with E-state index in [9.17, 15) is 19.2 Å². The Labute approximate surface area is 166 Å². The maximum absolute atomic E-state index is 12.4. The number of carbonyl (C=O) groups is 4. The van der Waals surface area contributed by atoms with Crippen LogP contribution in [0.2, 0.25) is 5.02 Å². The number of amides is 3. The van der Waals surface area contributed by atoms with Crippen molar-refractivity contribution in [1.29, 1.82) is 0 Å². The third-order valence-electron chi connectivity index (χ3n) is 4.79. The molecule has 148 valence electrons. The number of fused-ring (bicyclic) bond motifs is 1. The molecule has 1 N–H and O–H groups in total. The zero-order valence-corrected chi connectivity index (χ0v) is 16.0. The molecule has 1 aliphatic carbocycles. The average molecular weight is 406 g/mol. The summed E-state index contributed by atoms with van der Waals surface area (Å²) in [5, 5.41) is 2.94. The highest BCUT2D eigenvalue weighted by atomic mass is 35.5. The summed E-state index contributed by atoms with van der Waals surface area (Å²) >= 11 is 5.73. The second-order valence-corrected chi connectivity index (χ2v) is 7.15. The lowest BCUT2D eigenvalue weighted by atomic mass is 9.85. The molecule has 3 atom stereocenters. The smallest absolute Gasteiger partial charge is 0.308 e. The van der Waals surface area contributed by atoms with Crippen LogP contribution in [-0.4, -0.2) is 46.2 Å². The van der Waals surface area contributed by atoms with Gasteiger partial charge in [0.15, 0.2) is 6.10 Å². The fourth-order valence-electron chi connectivity index (χ4n) is 3.28. The van der Waals surface area contributed by atoms with Gasteiger partial charge in [0, 0.05) is 12.7 Å². The zero-order valence-electron chi connectivity index (χ0n) is 15.3. The maximum Gasteiger partial charge on any atom is 0.308 e. The fraction of sp³-hybridized carbons (Fsp3) is 0.421. The lowest BCUT2D eigenvalue weighted by Gasteiger charge is -2.16. The van der Waals surface area contributed by atoms with Gasteiger partial charge >= 0.3 is 5.97 Å². The molecule has 0 radical (unpaired) electrons. The van der Waals surface area contributed by atoms with Gasteiger partial charge in [0.2, 0.25) is 11.8 Å². The molecule has 1 fully saturated rings. The van der Waals surface area contributed by atoms with E-state index in [1.54, 1.807) is 6.07 Å². The van der Waals surface area contributed by atoms with Crippen molar-refractivity contribution in [1.82, 2.24) is 9.88 Å². The second-order valence-electron chi connectivity index (χ2n) is 6.72. The Morgan fingerprint density at radius 2 is 1.89 bits per heavy atom. The summed E-state index contributed by atoms with van der Waals surface area (Å²) in [6, 6.07) is 3.09. The number of aromatic nitrogens is 1. The summed E-state index contributed by atoms with van der Waals surface area (Å²) in [5.41, 5.74) is 0. The van der Waals surface area contributed by atoms with Gasteiger partial charge in [0.25, 0.3) is 5.91 Å². The molecule has 8 nitrogen and oxygen atoms in total. The third kappa shape index (κ3) is 4.39. The molecule has 9 heteroatoms. The van der Waals surface area contributed by atoms with Crippen LogP contribution in [0.1, 0.15) is 26.2 Å². The number of ether oxygens (including phenoxy) is 1. The minimum atomic E-state index is -1.05. The van der Waals surface area contributed by atoms with Crippen molar-refractivity contribution in [2.24, 2.45) is 11.8 Å². The maximum atomic E-state index is 12.4. The lowest BCUT2D eigenvalue weighted by molar-refractivity contribution is -0.154. The number of pyridine rings is 1. The number of imide groups is 1. The molecule has 28 heavy (non-hydrogen) atoms. The Morgan fingerprint density at radius 1 is 1.25 bits per heavy atom. The Kier molecular flexibility index (Phi) is 6.08. The molecule has 1 aromatic rings. The third-order valence-corrected chi connectivity index (χ3v) is 5.02. The van der Waals surface area contributed by atoms with Crippen LogP contribution in [-0.2, 0) is 23.9 Å². The van der Waals surface area contributed by atoms with Gasteiger partial charge in [-0.25, -0.2) is 4.98 Å². The molecule has 1 aromatic heterocycles. The Hall–Kier alpha value is -2.74. The number of nitrogens with zero attached hydrogens (tertiary/aromatic N) is 2. The standard InChI is InChI=1S/C19H20ClN3O5/c1-11(17(25)22-15-7-6-12(20)10-21-15)28-16(24)8-9-23-18(26)13-4-2-3-5-14(13)19(23)27/h2-3,6-7,10-11,13-14H,4-5,8-9H2,1H3,(H,21,22,25)/t11-,13-,14+/m0/s1. The van der Waals surface area contributed by atoms with Crippen LogP contribution in [0.3, 0.4) is 0 Å². The van der Waals surface area contributed by atoms with E-state index >= 15 is 0 Å². The molecule has 0 saturated carbocycles. The number of halogens is 1. The van der Waals surface area contributed by atoms with E-state index in [2.05, 4.69) is 10.3 Å². The monoisotopic (exact) mass is 405 g/mol. The molecule has 2 aliphatic rings. The fourth-order valence-corrected chi connectivity index (χ4v) is 3.39. The van der Waals surface area contributed by atoms with Crippen molar-refractivity contribution < 1.29 is 23.9 Å². The van der Waals surface area contributed by atoms with Crippen molar-refractivity contribution in [3.8, 4) is 0 Å². The molecule has 3 amide bonds. The Balaban J connectivity index is 1.47. The zero-order chi connectivity index (χ0) is 20.3. The molecular formula is C19H20ClN3O5. The van der Waals surface area contributed by atoms with Crippen molar-refractivity contribution in [2.45, 2.75) is 32.3 Å². The minimum absolute atomic E-state index is 0.0451. The van der Waals surface area contributed by atoms with Crippen molar-refractivity contribution >= 4 is 41.1 Å². The number of hydrogen-bond donors (Lipinski definition) is 1. The molecule has 0 spiro atoms. The van der Waals surface area contributed by atoms with E-state index in [4.69, 9.17) is 16.3 Å². The predicted molar refractivity (Wildman–Crippen MR) is 100 cm³/mol. The van der Waals surface area contributed by atoms with Crippen LogP contribution < -0.4 is 5.32 Å². The Bertz CT molecular complexity index is 797. The number of hydrogen-bond acceptors (Lipinski definition) is 6. The van der Waals surface area contributed by atoms with Gasteiger partial charge in [0.05, 0.1) is 23.3 Å². The van der Waals surface area contributed by atoms with Crippen molar-refractivity contribution in [3.63, 3.8) is 0 Å². The van der Waals surface area contributed by atoms with E-state index in [-0.39, 0.29) is 42.4 Å². The van der Waals surface area contributed by atoms with Gasteiger partial charge in [0.1, 0.15) is 5.82 Å². The van der Waals surface area contributed by atoms with Gasteiger partial charge in [-0.05, 0) is 31.9 Å². The van der Waals surface area contributed by atoms with Crippen LogP contribution in [0.25, 0.3) is 0 Å². The van der Waals surface area contributed by atoms with Crippen molar-refractivity contribution in [3.05, 3.63) is 35.5 Å².